The zero-order chi connectivity index (χ0) is 15.6. The molecule has 0 unspecified atom stereocenters. The highest BCUT2D eigenvalue weighted by Crippen LogP contribution is 2.35. The summed E-state index contributed by atoms with van der Waals surface area (Å²) in [4.78, 5) is 19.8. The van der Waals surface area contributed by atoms with Crippen LogP contribution in [0.4, 0.5) is 11.4 Å². The smallest absolute Gasteiger partial charge is 0.310 e. The van der Waals surface area contributed by atoms with Crippen LogP contribution in [0.15, 0.2) is 36.4 Å². The van der Waals surface area contributed by atoms with Gasteiger partial charge in [-0.3, -0.25) is 20.2 Å². The number of rotatable bonds is 4. The molecule has 0 aliphatic heterocycles. The van der Waals surface area contributed by atoms with Crippen LogP contribution in [0.3, 0.4) is 0 Å². The number of nitro benzene ring substituents is 2. The molecular formula is C12H7ClN2O6. The Hall–Kier alpha value is -2.87. The molecule has 0 spiro atoms. The second kappa shape index (κ2) is 5.63. The Kier molecular flexibility index (Phi) is 3.90. The van der Waals surface area contributed by atoms with E-state index >= 15 is 0 Å². The number of hydrogen-bond acceptors (Lipinski definition) is 6. The SMILES string of the molecule is O=[N+]([O-])c1ccc(Oc2ccc([N+](=O)[O-])c(O)c2)c(Cl)c1. The summed E-state index contributed by atoms with van der Waals surface area (Å²) in [6, 6.07) is 7.00. The quantitative estimate of drug-likeness (QED) is 0.680. The lowest BCUT2D eigenvalue weighted by molar-refractivity contribution is -0.385. The van der Waals surface area contributed by atoms with Gasteiger partial charge in [-0.25, -0.2) is 0 Å². The maximum atomic E-state index is 10.6. The Balaban J connectivity index is 2.28. The number of phenolic OH excluding ortho intramolecular Hbond substituents is 1. The van der Waals surface area contributed by atoms with Gasteiger partial charge in [0, 0.05) is 24.3 Å². The molecule has 0 radical (unpaired) electrons. The van der Waals surface area contributed by atoms with Crippen molar-refractivity contribution in [2.45, 2.75) is 0 Å². The lowest BCUT2D eigenvalue weighted by Gasteiger charge is -2.07. The number of benzene rings is 2. The van der Waals surface area contributed by atoms with E-state index in [4.69, 9.17) is 16.3 Å². The molecule has 0 heterocycles. The van der Waals surface area contributed by atoms with E-state index in [1.807, 2.05) is 0 Å². The van der Waals surface area contributed by atoms with Crippen LogP contribution in [0.25, 0.3) is 0 Å². The van der Waals surface area contributed by atoms with Crippen molar-refractivity contribution in [2.24, 2.45) is 0 Å². The first-order chi connectivity index (χ1) is 9.88. The summed E-state index contributed by atoms with van der Waals surface area (Å²) in [5.74, 6) is -0.333. The standard InChI is InChI=1S/C12H7ClN2O6/c13-9-5-7(14(17)18)1-4-12(9)21-8-2-3-10(15(19)20)11(16)6-8/h1-6,16H. The van der Waals surface area contributed by atoms with Crippen LogP contribution in [0.1, 0.15) is 0 Å². The van der Waals surface area contributed by atoms with Gasteiger partial charge >= 0.3 is 5.69 Å². The summed E-state index contributed by atoms with van der Waals surface area (Å²) in [6.07, 6.45) is 0. The van der Waals surface area contributed by atoms with Crippen LogP contribution < -0.4 is 4.74 Å². The second-order valence-corrected chi connectivity index (χ2v) is 4.29. The van der Waals surface area contributed by atoms with Crippen LogP contribution in [-0.2, 0) is 0 Å². The fraction of sp³-hybridized carbons (Fsp3) is 0. The minimum Gasteiger partial charge on any atom is -0.502 e. The van der Waals surface area contributed by atoms with E-state index in [0.29, 0.717) is 0 Å². The number of aromatic hydroxyl groups is 1. The Labute approximate surface area is 122 Å². The first kappa shape index (κ1) is 14.5. The molecule has 0 fully saturated rings. The predicted octanol–water partition coefficient (Wildman–Crippen LogP) is 3.65. The molecule has 2 rings (SSSR count). The van der Waals surface area contributed by atoms with Crippen LogP contribution in [0.5, 0.6) is 17.2 Å². The average molecular weight is 311 g/mol. The maximum absolute atomic E-state index is 10.6. The van der Waals surface area contributed by atoms with Crippen molar-refractivity contribution in [3.05, 3.63) is 61.6 Å². The Bertz CT molecular complexity index is 734. The van der Waals surface area contributed by atoms with Crippen molar-refractivity contribution < 1.29 is 19.7 Å². The van der Waals surface area contributed by atoms with Gasteiger partial charge in [-0.1, -0.05) is 11.6 Å². The number of non-ortho nitro benzene ring substituents is 1. The molecule has 0 bridgehead atoms. The van der Waals surface area contributed by atoms with Crippen LogP contribution in [0.2, 0.25) is 5.02 Å². The molecule has 8 nitrogen and oxygen atoms in total. The van der Waals surface area contributed by atoms with Gasteiger partial charge in [0.25, 0.3) is 5.69 Å². The third-order valence-corrected chi connectivity index (χ3v) is 2.79. The third-order valence-electron chi connectivity index (χ3n) is 2.50. The number of halogens is 1. The molecule has 0 aliphatic rings. The number of hydrogen-bond donors (Lipinski definition) is 1. The van der Waals surface area contributed by atoms with Gasteiger partial charge in [0.2, 0.25) is 0 Å². The fourth-order valence-electron chi connectivity index (χ4n) is 1.53. The van der Waals surface area contributed by atoms with E-state index < -0.39 is 21.3 Å². The summed E-state index contributed by atoms with van der Waals surface area (Å²) in [5, 5.41) is 30.6. The second-order valence-electron chi connectivity index (χ2n) is 3.88. The van der Waals surface area contributed by atoms with E-state index in [1.54, 1.807) is 0 Å². The van der Waals surface area contributed by atoms with Gasteiger partial charge in [-0.15, -0.1) is 0 Å². The number of nitrogens with zero attached hydrogens (tertiary/aromatic N) is 2. The van der Waals surface area contributed by atoms with E-state index in [-0.39, 0.29) is 22.2 Å². The van der Waals surface area contributed by atoms with Crippen LogP contribution in [-0.4, -0.2) is 15.0 Å². The Morgan fingerprint density at radius 1 is 1.05 bits per heavy atom. The van der Waals surface area contributed by atoms with Crippen molar-refractivity contribution in [3.8, 4) is 17.2 Å². The number of nitro groups is 2. The summed E-state index contributed by atoms with van der Waals surface area (Å²) < 4.78 is 5.32. The molecule has 0 saturated carbocycles. The van der Waals surface area contributed by atoms with Gasteiger partial charge < -0.3 is 9.84 Å². The summed E-state index contributed by atoms with van der Waals surface area (Å²) in [6.45, 7) is 0. The maximum Gasteiger partial charge on any atom is 0.310 e. The highest BCUT2D eigenvalue weighted by Gasteiger charge is 2.15. The van der Waals surface area contributed by atoms with E-state index in [1.165, 1.54) is 18.2 Å². The fourth-order valence-corrected chi connectivity index (χ4v) is 1.75. The Morgan fingerprint density at radius 2 is 1.76 bits per heavy atom. The lowest BCUT2D eigenvalue weighted by atomic mass is 10.2. The molecule has 0 atom stereocenters. The monoisotopic (exact) mass is 310 g/mol. The molecule has 2 aromatic carbocycles. The minimum absolute atomic E-state index is 0.00189. The minimum atomic E-state index is -0.738. The number of phenols is 1. The van der Waals surface area contributed by atoms with Gasteiger partial charge in [0.1, 0.15) is 11.5 Å². The van der Waals surface area contributed by atoms with E-state index in [0.717, 1.165) is 18.2 Å². The number of ether oxygens (including phenoxy) is 1. The van der Waals surface area contributed by atoms with Gasteiger partial charge in [-0.2, -0.15) is 0 Å². The predicted molar refractivity (Wildman–Crippen MR) is 72.9 cm³/mol. The molecule has 108 valence electrons. The van der Waals surface area contributed by atoms with Crippen molar-refractivity contribution in [1.29, 1.82) is 0 Å². The molecule has 9 heteroatoms. The van der Waals surface area contributed by atoms with Gasteiger partial charge in [0.15, 0.2) is 5.75 Å². The molecule has 21 heavy (non-hydrogen) atoms. The van der Waals surface area contributed by atoms with E-state index in [9.17, 15) is 25.3 Å². The zero-order valence-electron chi connectivity index (χ0n) is 10.2. The normalized spacial score (nSPS) is 10.1. The van der Waals surface area contributed by atoms with Gasteiger partial charge in [0.05, 0.1) is 14.9 Å². The Morgan fingerprint density at radius 3 is 2.29 bits per heavy atom. The molecule has 0 saturated heterocycles. The van der Waals surface area contributed by atoms with Crippen LogP contribution in [0, 0.1) is 20.2 Å². The average Bonchev–Trinajstić information content (AvgIpc) is 2.40. The van der Waals surface area contributed by atoms with Gasteiger partial charge in [-0.05, 0) is 12.1 Å². The van der Waals surface area contributed by atoms with Crippen molar-refractivity contribution in [3.63, 3.8) is 0 Å². The third kappa shape index (κ3) is 3.18. The molecule has 0 aliphatic carbocycles. The van der Waals surface area contributed by atoms with E-state index in [2.05, 4.69) is 0 Å². The molecular weight excluding hydrogens is 304 g/mol. The molecule has 1 N–H and O–H groups in total. The first-order valence-corrected chi connectivity index (χ1v) is 5.85. The lowest BCUT2D eigenvalue weighted by Crippen LogP contribution is -1.91. The van der Waals surface area contributed by atoms with Crippen molar-refractivity contribution in [2.75, 3.05) is 0 Å². The molecule has 0 aromatic heterocycles. The topological polar surface area (TPSA) is 116 Å². The summed E-state index contributed by atoms with van der Waals surface area (Å²) in [5.41, 5.74) is -0.656. The van der Waals surface area contributed by atoms with Crippen molar-refractivity contribution in [1.82, 2.24) is 0 Å². The first-order valence-electron chi connectivity index (χ1n) is 5.47. The largest absolute Gasteiger partial charge is 0.502 e. The summed E-state index contributed by atoms with van der Waals surface area (Å²) >= 11 is 5.84. The highest BCUT2D eigenvalue weighted by molar-refractivity contribution is 6.32. The van der Waals surface area contributed by atoms with Crippen LogP contribution >= 0.6 is 11.6 Å². The summed E-state index contributed by atoms with van der Waals surface area (Å²) in [7, 11) is 0. The van der Waals surface area contributed by atoms with Crippen molar-refractivity contribution >= 4 is 23.0 Å². The molecule has 0 amide bonds. The highest BCUT2D eigenvalue weighted by atomic mass is 35.5. The zero-order valence-corrected chi connectivity index (χ0v) is 11.0. The molecule has 2 aromatic rings.